The number of benzene rings is 1. The lowest BCUT2D eigenvalue weighted by Gasteiger charge is -2.28. The largest absolute Gasteiger partial charge is 0.376 e. The van der Waals surface area contributed by atoms with E-state index >= 15 is 0 Å². The van der Waals surface area contributed by atoms with Gasteiger partial charge in [-0.05, 0) is 57.9 Å². The van der Waals surface area contributed by atoms with Gasteiger partial charge in [0.05, 0.1) is 24.3 Å². The number of rotatable bonds is 5. The molecule has 1 aliphatic rings. The summed E-state index contributed by atoms with van der Waals surface area (Å²) in [5.41, 5.74) is 3.88. The van der Waals surface area contributed by atoms with Gasteiger partial charge in [0.1, 0.15) is 0 Å². The summed E-state index contributed by atoms with van der Waals surface area (Å²) in [4.78, 5) is 15.3. The predicted octanol–water partition coefficient (Wildman–Crippen LogP) is 4.12. The second-order valence-corrected chi connectivity index (χ2v) is 7.91. The van der Waals surface area contributed by atoms with Gasteiger partial charge in [-0.1, -0.05) is 15.9 Å². The monoisotopic (exact) mass is 419 g/mol. The molecule has 1 aromatic carbocycles. The number of carbonyl (C=O) groups excluding carboxylic acids is 1. The molecule has 1 fully saturated rings. The highest BCUT2D eigenvalue weighted by atomic mass is 79.9. The molecule has 1 aromatic heterocycles. The molecule has 140 valence electrons. The van der Waals surface area contributed by atoms with Gasteiger partial charge in [-0.3, -0.25) is 9.48 Å². The van der Waals surface area contributed by atoms with Crippen LogP contribution in [0, 0.1) is 13.8 Å². The first-order valence-electron chi connectivity index (χ1n) is 9.07. The number of halogens is 1. The van der Waals surface area contributed by atoms with Crippen LogP contribution in [0.1, 0.15) is 42.6 Å². The van der Waals surface area contributed by atoms with Gasteiger partial charge in [-0.25, -0.2) is 0 Å². The Hall–Kier alpha value is -1.66. The summed E-state index contributed by atoms with van der Waals surface area (Å²) in [6, 6.07) is 7.89. The van der Waals surface area contributed by atoms with E-state index in [0.717, 1.165) is 46.6 Å². The third-order valence-corrected chi connectivity index (χ3v) is 5.71. The van der Waals surface area contributed by atoms with Crippen molar-refractivity contribution in [3.8, 4) is 0 Å². The normalized spacial score (nSPS) is 18.1. The number of ether oxygens (including phenoxy) is 1. The molecule has 2 aromatic rings. The maximum Gasteiger partial charge on any atom is 0.234 e. The van der Waals surface area contributed by atoms with Gasteiger partial charge in [0.2, 0.25) is 5.91 Å². The fourth-order valence-electron chi connectivity index (χ4n) is 3.71. The highest BCUT2D eigenvalue weighted by Gasteiger charge is 2.30. The molecule has 3 rings (SSSR count). The predicted molar refractivity (Wildman–Crippen MR) is 107 cm³/mol. The van der Waals surface area contributed by atoms with Gasteiger partial charge in [0, 0.05) is 35.1 Å². The zero-order valence-electron chi connectivity index (χ0n) is 15.8. The number of amides is 1. The number of aromatic nitrogens is 2. The van der Waals surface area contributed by atoms with Crippen molar-refractivity contribution in [3.05, 3.63) is 45.7 Å². The van der Waals surface area contributed by atoms with Gasteiger partial charge in [0.25, 0.3) is 0 Å². The molecule has 1 aliphatic heterocycles. The van der Waals surface area contributed by atoms with Gasteiger partial charge in [0.15, 0.2) is 0 Å². The Bertz CT molecular complexity index is 779. The van der Waals surface area contributed by atoms with Gasteiger partial charge in [-0.15, -0.1) is 0 Å². The molecular formula is C20H26BrN3O2. The Morgan fingerprint density at radius 2 is 2.08 bits per heavy atom. The Labute approximate surface area is 163 Å². The molecule has 0 spiro atoms. The third-order valence-electron chi connectivity index (χ3n) is 5.18. The third kappa shape index (κ3) is 3.86. The second-order valence-electron chi connectivity index (χ2n) is 6.99. The number of nitrogens with zero attached hydrogens (tertiary/aromatic N) is 3. The van der Waals surface area contributed by atoms with E-state index in [-0.39, 0.29) is 17.9 Å². The SMILES string of the molecule is Cc1nn(C)c(C)c1[C@H](C)C(=O)N(C[C@@H]1CCCO1)c1ccc(Br)cc1. The van der Waals surface area contributed by atoms with E-state index in [2.05, 4.69) is 21.0 Å². The molecule has 6 heteroatoms. The fourth-order valence-corrected chi connectivity index (χ4v) is 3.97. The highest BCUT2D eigenvalue weighted by Crippen LogP contribution is 2.29. The molecule has 5 nitrogen and oxygen atoms in total. The Kier molecular flexibility index (Phi) is 5.82. The molecule has 1 amide bonds. The van der Waals surface area contributed by atoms with E-state index in [1.165, 1.54) is 0 Å². The molecule has 1 saturated heterocycles. The molecule has 0 unspecified atom stereocenters. The Morgan fingerprint density at radius 3 is 2.62 bits per heavy atom. The molecular weight excluding hydrogens is 394 g/mol. The van der Waals surface area contributed by atoms with Crippen LogP contribution in [0.3, 0.4) is 0 Å². The first-order valence-corrected chi connectivity index (χ1v) is 9.86. The number of hydrogen-bond acceptors (Lipinski definition) is 3. The lowest BCUT2D eigenvalue weighted by atomic mass is 9.97. The summed E-state index contributed by atoms with van der Waals surface area (Å²) in [5.74, 6) is -0.171. The van der Waals surface area contributed by atoms with Crippen LogP contribution in [0.2, 0.25) is 0 Å². The minimum absolute atomic E-state index is 0.0852. The van der Waals surface area contributed by atoms with Gasteiger partial charge < -0.3 is 9.64 Å². The van der Waals surface area contributed by atoms with Crippen LogP contribution >= 0.6 is 15.9 Å². The summed E-state index contributed by atoms with van der Waals surface area (Å²) in [6.07, 6.45) is 2.16. The molecule has 0 saturated carbocycles. The van der Waals surface area contributed by atoms with Crippen molar-refractivity contribution in [2.45, 2.75) is 45.6 Å². The zero-order valence-corrected chi connectivity index (χ0v) is 17.4. The van der Waals surface area contributed by atoms with E-state index in [0.29, 0.717) is 6.54 Å². The van der Waals surface area contributed by atoms with Gasteiger partial charge >= 0.3 is 0 Å². The van der Waals surface area contributed by atoms with E-state index in [1.807, 2.05) is 61.7 Å². The lowest BCUT2D eigenvalue weighted by molar-refractivity contribution is -0.120. The Balaban J connectivity index is 1.91. The van der Waals surface area contributed by atoms with Crippen molar-refractivity contribution >= 4 is 27.5 Å². The summed E-state index contributed by atoms with van der Waals surface area (Å²) in [7, 11) is 1.92. The molecule has 26 heavy (non-hydrogen) atoms. The fraction of sp³-hybridized carbons (Fsp3) is 0.500. The van der Waals surface area contributed by atoms with Crippen LogP contribution in [-0.2, 0) is 16.6 Å². The molecule has 0 N–H and O–H groups in total. The number of anilines is 1. The van der Waals surface area contributed by atoms with Crippen LogP contribution in [-0.4, -0.2) is 34.9 Å². The second kappa shape index (κ2) is 7.92. The number of hydrogen-bond donors (Lipinski definition) is 0. The van der Waals surface area contributed by atoms with Crippen molar-refractivity contribution in [1.29, 1.82) is 0 Å². The van der Waals surface area contributed by atoms with Crippen LogP contribution in [0.25, 0.3) is 0 Å². The zero-order chi connectivity index (χ0) is 18.8. The van der Waals surface area contributed by atoms with E-state index in [9.17, 15) is 4.79 Å². The van der Waals surface area contributed by atoms with Gasteiger partial charge in [-0.2, -0.15) is 5.10 Å². The molecule has 0 bridgehead atoms. The maximum atomic E-state index is 13.5. The van der Waals surface area contributed by atoms with Crippen molar-refractivity contribution in [2.75, 3.05) is 18.1 Å². The van der Waals surface area contributed by atoms with E-state index in [4.69, 9.17) is 4.74 Å². The van der Waals surface area contributed by atoms with Crippen molar-refractivity contribution in [3.63, 3.8) is 0 Å². The summed E-state index contributed by atoms with van der Waals surface area (Å²) in [6.45, 7) is 7.33. The van der Waals surface area contributed by atoms with Crippen LogP contribution < -0.4 is 4.90 Å². The number of aryl methyl sites for hydroxylation is 2. The summed E-state index contributed by atoms with van der Waals surface area (Å²) < 4.78 is 8.64. The molecule has 2 heterocycles. The van der Waals surface area contributed by atoms with Crippen molar-refractivity contribution in [2.24, 2.45) is 7.05 Å². The highest BCUT2D eigenvalue weighted by molar-refractivity contribution is 9.10. The van der Waals surface area contributed by atoms with Crippen LogP contribution in [0.5, 0.6) is 0 Å². The van der Waals surface area contributed by atoms with E-state index in [1.54, 1.807) is 0 Å². The van der Waals surface area contributed by atoms with E-state index < -0.39 is 0 Å². The first-order chi connectivity index (χ1) is 12.4. The summed E-state index contributed by atoms with van der Waals surface area (Å²) >= 11 is 3.47. The van der Waals surface area contributed by atoms with Crippen molar-refractivity contribution < 1.29 is 9.53 Å². The first kappa shape index (κ1) is 19.1. The molecule has 2 atom stereocenters. The standard InChI is InChI=1S/C20H26BrN3O2/c1-13(19-14(2)22-23(4)15(19)3)20(25)24(12-18-6-5-11-26-18)17-9-7-16(21)8-10-17/h7-10,13,18H,5-6,11-12H2,1-4H3/t13-,18-/m0/s1. The van der Waals surface area contributed by atoms with Crippen LogP contribution in [0.15, 0.2) is 28.7 Å². The topological polar surface area (TPSA) is 47.4 Å². The van der Waals surface area contributed by atoms with Crippen LogP contribution in [0.4, 0.5) is 5.69 Å². The minimum atomic E-state index is -0.256. The maximum absolute atomic E-state index is 13.5. The quantitative estimate of drug-likeness (QED) is 0.732. The minimum Gasteiger partial charge on any atom is -0.376 e. The van der Waals surface area contributed by atoms with Crippen molar-refractivity contribution in [1.82, 2.24) is 9.78 Å². The molecule has 0 radical (unpaired) electrons. The average Bonchev–Trinajstić information content (AvgIpc) is 3.21. The average molecular weight is 420 g/mol. The summed E-state index contributed by atoms with van der Waals surface area (Å²) in [5, 5.41) is 4.48. The smallest absolute Gasteiger partial charge is 0.234 e. The lowest BCUT2D eigenvalue weighted by Crippen LogP contribution is -2.40. The number of carbonyl (C=O) groups is 1. The Morgan fingerprint density at radius 1 is 1.38 bits per heavy atom. The molecule has 0 aliphatic carbocycles.